The maximum Gasteiger partial charge on any atom is 0.261 e. The van der Waals surface area contributed by atoms with Gasteiger partial charge in [0.2, 0.25) is 0 Å². The summed E-state index contributed by atoms with van der Waals surface area (Å²) < 4.78 is 12.1. The lowest BCUT2D eigenvalue weighted by atomic mass is 10.2. The summed E-state index contributed by atoms with van der Waals surface area (Å²) in [6.45, 7) is 2.21. The lowest BCUT2D eigenvalue weighted by molar-refractivity contribution is 0.390. The molecular formula is C17H17N3O3. The third-order valence-corrected chi connectivity index (χ3v) is 3.76. The summed E-state index contributed by atoms with van der Waals surface area (Å²) in [5, 5.41) is 0.562. The van der Waals surface area contributed by atoms with Crippen LogP contribution in [0.4, 0.5) is 0 Å². The van der Waals surface area contributed by atoms with Gasteiger partial charge in [-0.15, -0.1) is 0 Å². The minimum Gasteiger partial charge on any atom is -0.497 e. The van der Waals surface area contributed by atoms with E-state index in [9.17, 15) is 4.79 Å². The highest BCUT2D eigenvalue weighted by Gasteiger charge is 2.10. The normalized spacial score (nSPS) is 10.7. The summed E-state index contributed by atoms with van der Waals surface area (Å²) in [6.07, 6.45) is 3.17. The molecule has 0 atom stereocenters. The molecule has 23 heavy (non-hydrogen) atoms. The van der Waals surface area contributed by atoms with Crippen molar-refractivity contribution in [1.29, 1.82) is 0 Å². The fourth-order valence-electron chi connectivity index (χ4n) is 2.51. The van der Waals surface area contributed by atoms with Crippen LogP contribution in [0.5, 0.6) is 11.5 Å². The second kappa shape index (κ2) is 6.08. The number of ether oxygens (including phenoxy) is 2. The number of aromatic nitrogens is 3. The average Bonchev–Trinajstić information content (AvgIpc) is 2.58. The van der Waals surface area contributed by atoms with Crippen LogP contribution in [0.1, 0.15) is 11.3 Å². The molecule has 1 aromatic carbocycles. The van der Waals surface area contributed by atoms with Gasteiger partial charge in [-0.1, -0.05) is 0 Å². The molecule has 3 aromatic rings. The van der Waals surface area contributed by atoms with Crippen LogP contribution in [0.25, 0.3) is 10.9 Å². The van der Waals surface area contributed by atoms with Crippen LogP contribution in [0.2, 0.25) is 0 Å². The molecule has 0 amide bonds. The molecule has 0 aliphatic carbocycles. The number of methoxy groups -OCH3 is 2. The van der Waals surface area contributed by atoms with Gasteiger partial charge in [-0.3, -0.25) is 14.3 Å². The van der Waals surface area contributed by atoms with Crippen molar-refractivity contribution in [3.05, 3.63) is 58.4 Å². The maximum absolute atomic E-state index is 12.6. The number of hydrogen-bond acceptors (Lipinski definition) is 5. The number of benzene rings is 1. The van der Waals surface area contributed by atoms with E-state index in [4.69, 9.17) is 9.47 Å². The Morgan fingerprint density at radius 2 is 1.96 bits per heavy atom. The van der Waals surface area contributed by atoms with Crippen LogP contribution in [0.3, 0.4) is 0 Å². The fourth-order valence-corrected chi connectivity index (χ4v) is 2.51. The standard InChI is InChI=1S/C17H17N3O3/c1-11-16-14(6-7-18-11)17(21)20(10-19-16)9-12-4-5-13(22-2)8-15(12)23-3/h4-8,10H,9H2,1-3H3. The van der Waals surface area contributed by atoms with Crippen molar-refractivity contribution in [2.75, 3.05) is 14.2 Å². The number of fused-ring (bicyclic) bond motifs is 1. The second-order valence-electron chi connectivity index (χ2n) is 5.15. The van der Waals surface area contributed by atoms with Gasteiger partial charge in [0, 0.05) is 17.8 Å². The van der Waals surface area contributed by atoms with Crippen molar-refractivity contribution in [1.82, 2.24) is 14.5 Å². The number of hydrogen-bond donors (Lipinski definition) is 0. The van der Waals surface area contributed by atoms with E-state index in [1.807, 2.05) is 19.1 Å². The number of aryl methyl sites for hydroxylation is 1. The van der Waals surface area contributed by atoms with E-state index in [0.29, 0.717) is 28.9 Å². The van der Waals surface area contributed by atoms with E-state index in [1.165, 1.54) is 0 Å². The minimum atomic E-state index is -0.0987. The van der Waals surface area contributed by atoms with Crippen molar-refractivity contribution in [3.8, 4) is 11.5 Å². The molecule has 0 unspecified atom stereocenters. The highest BCUT2D eigenvalue weighted by atomic mass is 16.5. The smallest absolute Gasteiger partial charge is 0.261 e. The van der Waals surface area contributed by atoms with Crippen molar-refractivity contribution in [2.45, 2.75) is 13.5 Å². The first-order chi connectivity index (χ1) is 11.1. The third kappa shape index (κ3) is 2.75. The van der Waals surface area contributed by atoms with Crippen LogP contribution in [-0.4, -0.2) is 28.8 Å². The van der Waals surface area contributed by atoms with Crippen molar-refractivity contribution in [3.63, 3.8) is 0 Å². The molecule has 0 N–H and O–H groups in total. The monoisotopic (exact) mass is 311 g/mol. The summed E-state index contributed by atoms with van der Waals surface area (Å²) in [7, 11) is 3.19. The Morgan fingerprint density at radius 3 is 2.70 bits per heavy atom. The summed E-state index contributed by atoms with van der Waals surface area (Å²) in [6, 6.07) is 7.21. The molecule has 6 heteroatoms. The van der Waals surface area contributed by atoms with Crippen molar-refractivity contribution in [2.24, 2.45) is 0 Å². The molecule has 2 heterocycles. The Morgan fingerprint density at radius 1 is 1.13 bits per heavy atom. The SMILES string of the molecule is COc1ccc(Cn2cnc3c(C)nccc3c2=O)c(OC)c1. The van der Waals surface area contributed by atoms with E-state index in [-0.39, 0.29) is 5.56 Å². The molecule has 6 nitrogen and oxygen atoms in total. The fraction of sp³-hybridized carbons (Fsp3) is 0.235. The van der Waals surface area contributed by atoms with Gasteiger partial charge in [-0.05, 0) is 25.1 Å². The van der Waals surface area contributed by atoms with Crippen molar-refractivity contribution < 1.29 is 9.47 Å². The Balaban J connectivity index is 2.06. The number of rotatable bonds is 4. The van der Waals surface area contributed by atoms with Gasteiger partial charge in [0.15, 0.2) is 0 Å². The van der Waals surface area contributed by atoms with E-state index in [0.717, 1.165) is 11.3 Å². The molecule has 118 valence electrons. The minimum absolute atomic E-state index is 0.0987. The zero-order valence-electron chi connectivity index (χ0n) is 13.2. The van der Waals surface area contributed by atoms with Crippen LogP contribution in [0.15, 0.2) is 41.6 Å². The topological polar surface area (TPSA) is 66.2 Å². The van der Waals surface area contributed by atoms with Crippen LogP contribution < -0.4 is 15.0 Å². The van der Waals surface area contributed by atoms with Crippen LogP contribution in [0, 0.1) is 6.92 Å². The summed E-state index contributed by atoms with van der Waals surface area (Å²) >= 11 is 0. The lowest BCUT2D eigenvalue weighted by Gasteiger charge is -2.12. The summed E-state index contributed by atoms with van der Waals surface area (Å²) in [5.74, 6) is 1.37. The zero-order chi connectivity index (χ0) is 16.4. The van der Waals surface area contributed by atoms with E-state index in [2.05, 4.69) is 9.97 Å². The summed E-state index contributed by atoms with van der Waals surface area (Å²) in [4.78, 5) is 21.2. The van der Waals surface area contributed by atoms with Gasteiger partial charge >= 0.3 is 0 Å². The zero-order valence-corrected chi connectivity index (χ0v) is 13.2. The molecule has 0 aliphatic heterocycles. The van der Waals surface area contributed by atoms with E-state index in [1.54, 1.807) is 43.4 Å². The Labute approximate surface area is 133 Å². The van der Waals surface area contributed by atoms with Gasteiger partial charge in [0.05, 0.1) is 43.7 Å². The number of nitrogens with zero attached hydrogens (tertiary/aromatic N) is 3. The van der Waals surface area contributed by atoms with E-state index < -0.39 is 0 Å². The molecule has 0 aliphatic rings. The highest BCUT2D eigenvalue weighted by molar-refractivity contribution is 5.78. The van der Waals surface area contributed by atoms with Crippen LogP contribution >= 0.6 is 0 Å². The molecule has 0 saturated carbocycles. The molecular weight excluding hydrogens is 294 g/mol. The largest absolute Gasteiger partial charge is 0.497 e. The molecule has 2 aromatic heterocycles. The number of pyridine rings is 1. The second-order valence-corrected chi connectivity index (χ2v) is 5.15. The highest BCUT2D eigenvalue weighted by Crippen LogP contribution is 2.25. The third-order valence-electron chi connectivity index (χ3n) is 3.76. The van der Waals surface area contributed by atoms with Crippen LogP contribution in [-0.2, 0) is 6.54 Å². The quantitative estimate of drug-likeness (QED) is 0.739. The molecule has 0 saturated heterocycles. The predicted octanol–water partition coefficient (Wildman–Crippen LogP) is 2.17. The lowest BCUT2D eigenvalue weighted by Crippen LogP contribution is -2.21. The average molecular weight is 311 g/mol. The summed E-state index contributed by atoms with van der Waals surface area (Å²) in [5.41, 5.74) is 2.16. The Bertz CT molecular complexity index is 919. The molecule has 0 fully saturated rings. The predicted molar refractivity (Wildman–Crippen MR) is 87.2 cm³/mol. The van der Waals surface area contributed by atoms with Gasteiger partial charge in [0.1, 0.15) is 11.5 Å². The van der Waals surface area contributed by atoms with Gasteiger partial charge in [-0.2, -0.15) is 0 Å². The maximum atomic E-state index is 12.6. The first kappa shape index (κ1) is 15.0. The first-order valence-corrected chi connectivity index (χ1v) is 7.15. The van der Waals surface area contributed by atoms with Gasteiger partial charge < -0.3 is 9.47 Å². The van der Waals surface area contributed by atoms with Gasteiger partial charge in [0.25, 0.3) is 5.56 Å². The first-order valence-electron chi connectivity index (χ1n) is 7.15. The molecule has 0 bridgehead atoms. The molecule has 0 spiro atoms. The molecule has 3 rings (SSSR count). The van der Waals surface area contributed by atoms with Crippen molar-refractivity contribution >= 4 is 10.9 Å². The Kier molecular flexibility index (Phi) is 3.97. The molecule has 0 radical (unpaired) electrons. The van der Waals surface area contributed by atoms with Gasteiger partial charge in [-0.25, -0.2) is 4.98 Å². The Hall–Kier alpha value is -2.89. The van der Waals surface area contributed by atoms with E-state index >= 15 is 0 Å².